The molecule has 1 atom stereocenters. The molecule has 0 fully saturated rings. The lowest BCUT2D eigenvalue weighted by molar-refractivity contribution is -0.126. The maximum atomic E-state index is 14.2. The molecule has 0 saturated heterocycles. The number of benzene rings is 1. The van der Waals surface area contributed by atoms with E-state index in [4.69, 9.17) is 14.5 Å². The summed E-state index contributed by atoms with van der Waals surface area (Å²) in [6, 6.07) is 4.82. The molecule has 11 heteroatoms. The smallest absolute Gasteiger partial charge is 0.444 e. The number of unbranched alkanes of at least 4 members (excludes halogenated alkanes) is 3. The van der Waals surface area contributed by atoms with Crippen LogP contribution in [0.4, 0.5) is 9.18 Å². The van der Waals surface area contributed by atoms with Crippen molar-refractivity contribution in [3.05, 3.63) is 29.8 Å². The highest BCUT2D eigenvalue weighted by Crippen LogP contribution is 2.37. The van der Waals surface area contributed by atoms with Crippen LogP contribution in [0.1, 0.15) is 58.2 Å². The fraction of sp³-hybridized carbons (Fsp3) is 0.579. The van der Waals surface area contributed by atoms with Gasteiger partial charge in [-0.1, -0.05) is 25.0 Å². The third-order valence-corrected chi connectivity index (χ3v) is 4.15. The molecule has 0 aromatic heterocycles. The zero-order valence-electron chi connectivity index (χ0n) is 17.4. The van der Waals surface area contributed by atoms with E-state index in [9.17, 15) is 18.5 Å². The fourth-order valence-electron chi connectivity index (χ4n) is 2.40. The summed E-state index contributed by atoms with van der Waals surface area (Å²) in [6.07, 6.45) is 0.729. The van der Waals surface area contributed by atoms with Crippen LogP contribution in [0.15, 0.2) is 24.3 Å². The fourth-order valence-corrected chi connectivity index (χ4v) is 2.79. The largest absolute Gasteiger partial charge is 0.524 e. The van der Waals surface area contributed by atoms with Crippen molar-refractivity contribution < 1.29 is 37.6 Å². The molecule has 0 bridgehead atoms. The summed E-state index contributed by atoms with van der Waals surface area (Å²) in [4.78, 5) is 40.8. The minimum absolute atomic E-state index is 0.0544. The SMILES string of the molecule is CC(C)(C)OC(=O)NCCCCCCNC(=O)C(F)c1ccc(OP(=O)(O)O)cc1. The molecule has 1 rings (SSSR count). The highest BCUT2D eigenvalue weighted by molar-refractivity contribution is 7.46. The summed E-state index contributed by atoms with van der Waals surface area (Å²) in [5, 5.41) is 5.17. The van der Waals surface area contributed by atoms with Gasteiger partial charge in [-0.3, -0.25) is 14.6 Å². The van der Waals surface area contributed by atoms with E-state index in [2.05, 4.69) is 15.2 Å². The van der Waals surface area contributed by atoms with E-state index < -0.39 is 31.6 Å². The normalized spacial score (nSPS) is 12.7. The molecule has 0 spiro atoms. The van der Waals surface area contributed by atoms with E-state index in [1.165, 1.54) is 24.3 Å². The zero-order chi connectivity index (χ0) is 22.8. The van der Waals surface area contributed by atoms with Crippen LogP contribution in [-0.4, -0.2) is 40.5 Å². The number of carbonyl (C=O) groups is 2. The number of halogens is 1. The molecule has 0 saturated carbocycles. The van der Waals surface area contributed by atoms with Crippen LogP contribution >= 0.6 is 7.82 Å². The third kappa shape index (κ3) is 11.7. The summed E-state index contributed by atoms with van der Waals surface area (Å²) >= 11 is 0. The molecule has 0 heterocycles. The number of ether oxygens (including phenoxy) is 1. The summed E-state index contributed by atoms with van der Waals surface area (Å²) < 4.78 is 34.4. The molecule has 2 amide bonds. The quantitative estimate of drug-likeness (QED) is 0.301. The van der Waals surface area contributed by atoms with E-state index in [1.807, 2.05) is 0 Å². The Hall–Kier alpha value is -2.16. The molecule has 1 aromatic rings. The lowest BCUT2D eigenvalue weighted by Gasteiger charge is -2.19. The van der Waals surface area contributed by atoms with E-state index in [0.29, 0.717) is 19.5 Å². The van der Waals surface area contributed by atoms with Crippen molar-refractivity contribution in [2.75, 3.05) is 13.1 Å². The summed E-state index contributed by atoms with van der Waals surface area (Å²) in [6.45, 7) is 6.18. The Kier molecular flexibility index (Phi) is 10.2. The van der Waals surface area contributed by atoms with Gasteiger partial charge in [0.2, 0.25) is 6.17 Å². The van der Waals surface area contributed by atoms with Crippen LogP contribution in [0.3, 0.4) is 0 Å². The van der Waals surface area contributed by atoms with Crippen LogP contribution in [0.2, 0.25) is 0 Å². The van der Waals surface area contributed by atoms with Gasteiger partial charge in [0.25, 0.3) is 5.91 Å². The van der Waals surface area contributed by atoms with E-state index in [-0.39, 0.29) is 11.3 Å². The highest BCUT2D eigenvalue weighted by atomic mass is 31.2. The third-order valence-electron chi connectivity index (χ3n) is 3.70. The molecule has 1 aromatic carbocycles. The molecule has 9 nitrogen and oxygen atoms in total. The number of amides is 2. The van der Waals surface area contributed by atoms with Gasteiger partial charge in [-0.2, -0.15) is 0 Å². The van der Waals surface area contributed by atoms with Gasteiger partial charge in [0.15, 0.2) is 0 Å². The number of hydrogen-bond donors (Lipinski definition) is 4. The maximum Gasteiger partial charge on any atom is 0.524 e. The first-order chi connectivity index (χ1) is 13.9. The molecule has 1 unspecified atom stereocenters. The van der Waals surface area contributed by atoms with Gasteiger partial charge < -0.3 is 19.9 Å². The Morgan fingerprint density at radius 2 is 1.57 bits per heavy atom. The van der Waals surface area contributed by atoms with E-state index in [1.54, 1.807) is 20.8 Å². The summed E-state index contributed by atoms with van der Waals surface area (Å²) in [5.74, 6) is -0.911. The second-order valence-electron chi connectivity index (χ2n) is 7.65. The van der Waals surface area contributed by atoms with Gasteiger partial charge in [-0.05, 0) is 51.3 Å². The van der Waals surface area contributed by atoms with Gasteiger partial charge in [-0.15, -0.1) is 0 Å². The lowest BCUT2D eigenvalue weighted by Crippen LogP contribution is -2.33. The average molecular weight is 448 g/mol. The van der Waals surface area contributed by atoms with Crippen LogP contribution in [0.5, 0.6) is 5.75 Å². The van der Waals surface area contributed by atoms with Crippen molar-refractivity contribution in [1.82, 2.24) is 10.6 Å². The second-order valence-corrected chi connectivity index (χ2v) is 8.81. The lowest BCUT2D eigenvalue weighted by atomic mass is 10.1. The first-order valence-electron chi connectivity index (χ1n) is 9.61. The minimum atomic E-state index is -4.69. The first-order valence-corrected chi connectivity index (χ1v) is 11.1. The molecule has 4 N–H and O–H groups in total. The van der Waals surface area contributed by atoms with Crippen LogP contribution in [-0.2, 0) is 14.1 Å². The Morgan fingerprint density at radius 3 is 2.07 bits per heavy atom. The first kappa shape index (κ1) is 25.9. The van der Waals surface area contributed by atoms with Gasteiger partial charge in [0, 0.05) is 13.1 Å². The molecular weight excluding hydrogens is 418 g/mol. The number of hydrogen-bond acceptors (Lipinski definition) is 5. The number of alkyl carbamates (subject to hydrolysis) is 1. The monoisotopic (exact) mass is 448 g/mol. The topological polar surface area (TPSA) is 134 Å². The predicted octanol–water partition coefficient (Wildman–Crippen LogP) is 3.37. The number of rotatable bonds is 11. The predicted molar refractivity (Wildman–Crippen MR) is 109 cm³/mol. The number of phosphoric ester groups is 1. The molecule has 0 aliphatic rings. The number of alkyl halides is 1. The van der Waals surface area contributed by atoms with Gasteiger partial charge in [0.1, 0.15) is 11.4 Å². The Morgan fingerprint density at radius 1 is 1.03 bits per heavy atom. The molecule has 0 aliphatic carbocycles. The molecular formula is C19H30FN2O7P. The summed E-state index contributed by atoms with van der Waals surface area (Å²) in [5.41, 5.74) is -0.478. The number of carbonyl (C=O) groups excluding carboxylic acids is 2. The van der Waals surface area contributed by atoms with Crippen LogP contribution < -0.4 is 15.2 Å². The highest BCUT2D eigenvalue weighted by Gasteiger charge is 2.20. The second kappa shape index (κ2) is 11.9. The molecule has 0 radical (unpaired) electrons. The van der Waals surface area contributed by atoms with Crippen molar-refractivity contribution in [2.45, 2.75) is 58.2 Å². The van der Waals surface area contributed by atoms with Crippen molar-refractivity contribution in [3.63, 3.8) is 0 Å². The zero-order valence-corrected chi connectivity index (χ0v) is 18.3. The minimum Gasteiger partial charge on any atom is -0.444 e. The van der Waals surface area contributed by atoms with Crippen molar-refractivity contribution in [3.8, 4) is 5.75 Å². The molecule has 170 valence electrons. The summed E-state index contributed by atoms with van der Waals surface area (Å²) in [7, 11) is -4.69. The maximum absolute atomic E-state index is 14.2. The number of phosphoric acid groups is 1. The van der Waals surface area contributed by atoms with Gasteiger partial charge in [0.05, 0.1) is 0 Å². The van der Waals surface area contributed by atoms with Crippen molar-refractivity contribution in [1.29, 1.82) is 0 Å². The van der Waals surface area contributed by atoms with E-state index in [0.717, 1.165) is 19.3 Å². The Labute approximate surface area is 175 Å². The van der Waals surface area contributed by atoms with Crippen molar-refractivity contribution >= 4 is 19.8 Å². The van der Waals surface area contributed by atoms with Gasteiger partial charge in [-0.25, -0.2) is 13.8 Å². The van der Waals surface area contributed by atoms with Crippen LogP contribution in [0.25, 0.3) is 0 Å². The van der Waals surface area contributed by atoms with Crippen molar-refractivity contribution in [2.24, 2.45) is 0 Å². The standard InChI is InChI=1S/C19H30FN2O7P/c1-19(2,3)28-18(24)22-13-7-5-4-6-12-21-17(23)16(20)14-8-10-15(11-9-14)29-30(25,26)27/h8-11,16H,4-7,12-13H2,1-3H3,(H,21,23)(H,22,24)(H2,25,26,27). The average Bonchev–Trinajstić information content (AvgIpc) is 2.61. The van der Waals surface area contributed by atoms with Crippen LogP contribution in [0, 0.1) is 0 Å². The van der Waals surface area contributed by atoms with Gasteiger partial charge >= 0.3 is 13.9 Å². The molecule has 30 heavy (non-hydrogen) atoms. The Bertz CT molecular complexity index is 731. The Balaban J connectivity index is 2.19. The molecule has 0 aliphatic heterocycles. The number of nitrogens with one attached hydrogen (secondary N) is 2. The van der Waals surface area contributed by atoms with E-state index >= 15 is 0 Å².